The zero-order chi connectivity index (χ0) is 19.1. The van der Waals surface area contributed by atoms with Crippen LogP contribution in [0, 0.1) is 0 Å². The van der Waals surface area contributed by atoms with Gasteiger partial charge in [-0.3, -0.25) is 0 Å². The van der Waals surface area contributed by atoms with Gasteiger partial charge in [-0.1, -0.05) is 37.8 Å². The van der Waals surface area contributed by atoms with Crippen LogP contribution in [0.3, 0.4) is 0 Å². The normalized spacial score (nSPS) is 21.0. The first-order valence-electron chi connectivity index (χ1n) is 10.0. The van der Waals surface area contributed by atoms with Gasteiger partial charge in [0.1, 0.15) is 0 Å². The predicted molar refractivity (Wildman–Crippen MR) is 99.3 cm³/mol. The maximum Gasteiger partial charge on any atom is 0.197 e. The van der Waals surface area contributed by atoms with Gasteiger partial charge in [-0.15, -0.1) is 0 Å². The van der Waals surface area contributed by atoms with Crippen LogP contribution in [0.4, 0.5) is 17.6 Å². The molecule has 0 unspecified atom stereocenters. The van der Waals surface area contributed by atoms with Gasteiger partial charge in [0.15, 0.2) is 23.3 Å². The summed E-state index contributed by atoms with van der Waals surface area (Å²) in [4.78, 5) is 0. The van der Waals surface area contributed by atoms with Crippen molar-refractivity contribution in [2.45, 2.75) is 90.9 Å². The minimum absolute atomic E-state index is 0.255. The van der Waals surface area contributed by atoms with Gasteiger partial charge in [0.05, 0.1) is 0 Å². The molecule has 0 N–H and O–H groups in total. The van der Waals surface area contributed by atoms with Crippen LogP contribution in [-0.4, -0.2) is 0 Å². The number of rotatable bonds is 7. The molecule has 0 aromatic rings. The predicted octanol–water partition coefficient (Wildman–Crippen LogP) is 8.63. The summed E-state index contributed by atoms with van der Waals surface area (Å²) in [7, 11) is 0. The van der Waals surface area contributed by atoms with E-state index in [0.717, 1.165) is 49.7 Å². The van der Waals surface area contributed by atoms with Crippen molar-refractivity contribution in [1.29, 1.82) is 0 Å². The van der Waals surface area contributed by atoms with E-state index in [1.165, 1.54) is 0 Å². The van der Waals surface area contributed by atoms with Crippen molar-refractivity contribution < 1.29 is 17.6 Å². The lowest BCUT2D eigenvalue weighted by Crippen LogP contribution is -2.04. The molecule has 0 radical (unpaired) electrons. The second kappa shape index (κ2) is 10.1. The molecular weight excluding hydrogens is 340 g/mol. The monoisotopic (exact) mass is 370 g/mol. The molecule has 2 aliphatic carbocycles. The average Bonchev–Trinajstić information content (AvgIpc) is 2.67. The lowest BCUT2D eigenvalue weighted by atomic mass is 9.87. The molecular formula is C22H30F4. The molecule has 0 amide bonds. The van der Waals surface area contributed by atoms with Crippen LogP contribution in [0.5, 0.6) is 0 Å². The van der Waals surface area contributed by atoms with Crippen molar-refractivity contribution in [3.8, 4) is 0 Å². The molecule has 0 fully saturated rings. The summed E-state index contributed by atoms with van der Waals surface area (Å²) in [5.41, 5.74) is 2.21. The Morgan fingerprint density at radius 2 is 0.962 bits per heavy atom. The molecule has 0 aromatic carbocycles. The molecule has 0 saturated carbocycles. The summed E-state index contributed by atoms with van der Waals surface area (Å²) in [5, 5.41) is 0. The highest BCUT2D eigenvalue weighted by atomic mass is 19.2. The SMILES string of the molecule is CCCC1=C(/C(F)=C(F)/C(F)=C(\F)C2=C(CCC)CCCC2)CCCC1. The summed E-state index contributed by atoms with van der Waals surface area (Å²) < 4.78 is 58.3. The number of hydrogen-bond donors (Lipinski definition) is 0. The standard InChI is InChI=1S/C22H30F4/c1-3-9-15-11-5-7-13-17(15)19(23)21(25)22(26)20(24)18-14-8-6-12-16(18)10-4-2/h3-14H2,1-2H3/b21-19+,22-20+. The van der Waals surface area contributed by atoms with Crippen LogP contribution in [-0.2, 0) is 0 Å². The Labute approximate surface area is 154 Å². The van der Waals surface area contributed by atoms with E-state index in [0.29, 0.717) is 38.5 Å². The first-order chi connectivity index (χ1) is 12.5. The Balaban J connectivity index is 2.43. The minimum atomic E-state index is -1.66. The molecule has 0 nitrogen and oxygen atoms in total. The van der Waals surface area contributed by atoms with E-state index in [4.69, 9.17) is 0 Å². The molecule has 0 saturated heterocycles. The molecule has 0 aliphatic heterocycles. The molecule has 146 valence electrons. The first-order valence-corrected chi connectivity index (χ1v) is 10.0. The molecule has 0 atom stereocenters. The molecule has 0 aromatic heterocycles. The third kappa shape index (κ3) is 4.89. The zero-order valence-electron chi connectivity index (χ0n) is 16.0. The fourth-order valence-corrected chi connectivity index (χ4v) is 4.08. The van der Waals surface area contributed by atoms with Crippen LogP contribution in [0.1, 0.15) is 90.9 Å². The van der Waals surface area contributed by atoms with Gasteiger partial charge in [0, 0.05) is 0 Å². The van der Waals surface area contributed by atoms with E-state index in [2.05, 4.69) is 0 Å². The molecule has 0 spiro atoms. The maximum atomic E-state index is 14.7. The molecule has 2 aliphatic rings. The van der Waals surface area contributed by atoms with Gasteiger partial charge in [-0.2, -0.15) is 0 Å². The molecule has 2 rings (SSSR count). The van der Waals surface area contributed by atoms with E-state index in [9.17, 15) is 17.6 Å². The van der Waals surface area contributed by atoms with Crippen molar-refractivity contribution in [3.05, 3.63) is 45.6 Å². The lowest BCUT2D eigenvalue weighted by molar-refractivity contribution is 0.459. The Morgan fingerprint density at radius 3 is 1.31 bits per heavy atom. The quantitative estimate of drug-likeness (QED) is 0.311. The summed E-state index contributed by atoms with van der Waals surface area (Å²) in [6.07, 6.45) is 8.60. The van der Waals surface area contributed by atoms with Gasteiger partial charge in [-0.05, 0) is 75.4 Å². The molecule has 4 heteroatoms. The molecule has 0 heterocycles. The van der Waals surface area contributed by atoms with Crippen molar-refractivity contribution in [2.24, 2.45) is 0 Å². The van der Waals surface area contributed by atoms with Crippen LogP contribution < -0.4 is 0 Å². The second-order valence-corrected chi connectivity index (χ2v) is 7.33. The highest BCUT2D eigenvalue weighted by Crippen LogP contribution is 2.40. The second-order valence-electron chi connectivity index (χ2n) is 7.33. The van der Waals surface area contributed by atoms with Crippen molar-refractivity contribution >= 4 is 0 Å². The first kappa shape index (κ1) is 21.0. The minimum Gasteiger partial charge on any atom is -0.203 e. The van der Waals surface area contributed by atoms with E-state index in [-0.39, 0.29) is 11.1 Å². The number of hydrogen-bond acceptors (Lipinski definition) is 0. The smallest absolute Gasteiger partial charge is 0.197 e. The summed E-state index contributed by atoms with van der Waals surface area (Å²) >= 11 is 0. The fraction of sp³-hybridized carbons (Fsp3) is 0.636. The van der Waals surface area contributed by atoms with Crippen molar-refractivity contribution in [2.75, 3.05) is 0 Å². The van der Waals surface area contributed by atoms with E-state index in [1.54, 1.807) is 0 Å². The molecule has 26 heavy (non-hydrogen) atoms. The Bertz CT molecular complexity index is 579. The van der Waals surface area contributed by atoms with Crippen molar-refractivity contribution in [3.63, 3.8) is 0 Å². The maximum absolute atomic E-state index is 14.7. The van der Waals surface area contributed by atoms with Gasteiger partial charge < -0.3 is 0 Å². The third-order valence-electron chi connectivity index (χ3n) is 5.38. The zero-order valence-corrected chi connectivity index (χ0v) is 16.0. The Kier molecular flexibility index (Phi) is 8.17. The summed E-state index contributed by atoms with van der Waals surface area (Å²) in [6, 6.07) is 0. The van der Waals surface area contributed by atoms with Crippen LogP contribution in [0.15, 0.2) is 45.6 Å². The topological polar surface area (TPSA) is 0 Å². The average molecular weight is 370 g/mol. The number of allylic oxidation sites excluding steroid dienone is 8. The van der Waals surface area contributed by atoms with Crippen LogP contribution >= 0.6 is 0 Å². The van der Waals surface area contributed by atoms with Crippen molar-refractivity contribution in [1.82, 2.24) is 0 Å². The Morgan fingerprint density at radius 1 is 0.615 bits per heavy atom. The summed E-state index contributed by atoms with van der Waals surface area (Å²) in [5.74, 6) is -5.73. The third-order valence-corrected chi connectivity index (χ3v) is 5.38. The van der Waals surface area contributed by atoms with Gasteiger partial charge in [0.25, 0.3) is 0 Å². The van der Waals surface area contributed by atoms with E-state index < -0.39 is 23.3 Å². The highest BCUT2D eigenvalue weighted by Gasteiger charge is 2.26. The van der Waals surface area contributed by atoms with Gasteiger partial charge in [-0.25, -0.2) is 17.6 Å². The number of halogens is 4. The van der Waals surface area contributed by atoms with Crippen LogP contribution in [0.25, 0.3) is 0 Å². The molecule has 0 bridgehead atoms. The largest absolute Gasteiger partial charge is 0.203 e. The van der Waals surface area contributed by atoms with Crippen LogP contribution in [0.2, 0.25) is 0 Å². The summed E-state index contributed by atoms with van der Waals surface area (Å²) in [6.45, 7) is 3.95. The lowest BCUT2D eigenvalue weighted by Gasteiger charge is -2.20. The van der Waals surface area contributed by atoms with Gasteiger partial charge in [0.2, 0.25) is 0 Å². The van der Waals surface area contributed by atoms with E-state index >= 15 is 0 Å². The fourth-order valence-electron chi connectivity index (χ4n) is 4.08. The van der Waals surface area contributed by atoms with E-state index in [1.807, 2.05) is 13.8 Å². The Hall–Kier alpha value is -1.32. The highest BCUT2D eigenvalue weighted by molar-refractivity contribution is 5.44. The van der Waals surface area contributed by atoms with Gasteiger partial charge >= 0.3 is 0 Å².